The molecular weight excluding hydrogens is 154 g/mol. The van der Waals surface area contributed by atoms with E-state index in [1.807, 2.05) is 26.5 Å². The van der Waals surface area contributed by atoms with Crippen molar-refractivity contribution >= 4 is 5.96 Å². The van der Waals surface area contributed by atoms with E-state index in [-0.39, 0.29) is 12.4 Å². The molecule has 1 atom stereocenters. The highest BCUT2D eigenvalue weighted by Gasteiger charge is 2.20. The third kappa shape index (κ3) is 1.40. The van der Waals surface area contributed by atoms with Crippen molar-refractivity contribution in [1.29, 1.82) is 0 Å². The molecule has 0 aliphatic carbocycles. The molecule has 0 aromatic carbocycles. The minimum Gasteiger partial charge on any atom is -1.00 e. The summed E-state index contributed by atoms with van der Waals surface area (Å²) >= 11 is 0. The van der Waals surface area contributed by atoms with Crippen LogP contribution >= 0.6 is 0 Å². The highest BCUT2D eigenvalue weighted by Crippen LogP contribution is 1.86. The summed E-state index contributed by atoms with van der Waals surface area (Å²) in [5.41, 5.74) is 0. The van der Waals surface area contributed by atoms with Crippen LogP contribution in [0, 0.1) is 0 Å². The summed E-state index contributed by atoms with van der Waals surface area (Å²) < 4.78 is 0. The van der Waals surface area contributed by atoms with Crippen molar-refractivity contribution in [3.63, 3.8) is 0 Å². The van der Waals surface area contributed by atoms with Crippen LogP contribution in [0.15, 0.2) is 17.6 Å². The Morgan fingerprint density at radius 3 is 2.50 bits per heavy atom. The summed E-state index contributed by atoms with van der Waals surface area (Å²) in [6.45, 7) is 0. The van der Waals surface area contributed by atoms with Crippen LogP contribution in [0.25, 0.3) is 0 Å². The molecule has 5 heteroatoms. The number of rotatable bonds is 0. The molecule has 2 N–H and O–H groups in total. The van der Waals surface area contributed by atoms with Crippen LogP contribution in [0.1, 0.15) is 0 Å². The molecule has 1 aliphatic heterocycles. The van der Waals surface area contributed by atoms with Crippen molar-refractivity contribution in [2.45, 2.75) is 0 Å². The zero-order valence-electron chi connectivity index (χ0n) is 5.87. The van der Waals surface area contributed by atoms with E-state index in [0.717, 1.165) is 4.90 Å². The van der Waals surface area contributed by atoms with E-state index < -0.39 is 0 Å². The van der Waals surface area contributed by atoms with Gasteiger partial charge >= 0.3 is 5.96 Å². The van der Waals surface area contributed by atoms with Crippen molar-refractivity contribution in [3.05, 3.63) is 12.4 Å². The fraction of sp³-hybridized carbons (Fsp3) is 0.400. The Bertz CT molecular complexity index is 154. The topological polar surface area (TPSA) is 40.3 Å². The van der Waals surface area contributed by atoms with Gasteiger partial charge in [0.1, 0.15) is 6.20 Å². The van der Waals surface area contributed by atoms with E-state index in [0.29, 0.717) is 5.96 Å². The molecule has 0 aromatic rings. The molecular formula is C5H10ClN3O. The first-order valence-electron chi connectivity index (χ1n) is 2.72. The summed E-state index contributed by atoms with van der Waals surface area (Å²) in [7, 11) is 3.73. The number of hydrogen-bond acceptors (Lipinski definition) is 2. The standard InChI is InChI=1S/C5H9N3O.ClH/c1-7-3-4-8(2)5(7)6-9;/h3-4,9H,1-2H3;1H. The maximum absolute atomic E-state index is 8.39. The van der Waals surface area contributed by atoms with E-state index in [1.165, 1.54) is 0 Å². The van der Waals surface area contributed by atoms with Gasteiger partial charge in [0.15, 0.2) is 0 Å². The molecule has 0 radical (unpaired) electrons. The molecule has 1 aliphatic rings. The molecule has 0 fully saturated rings. The summed E-state index contributed by atoms with van der Waals surface area (Å²) in [6, 6.07) is 0. The van der Waals surface area contributed by atoms with Crippen LogP contribution < -0.4 is 17.3 Å². The Morgan fingerprint density at radius 2 is 2.30 bits per heavy atom. The van der Waals surface area contributed by atoms with E-state index in [9.17, 15) is 0 Å². The van der Waals surface area contributed by atoms with Gasteiger partial charge < -0.3 is 17.6 Å². The third-order valence-electron chi connectivity index (χ3n) is 1.33. The molecule has 10 heavy (non-hydrogen) atoms. The summed E-state index contributed by atoms with van der Waals surface area (Å²) in [4.78, 5) is 2.75. The Kier molecular flexibility index (Phi) is 3.18. The second-order valence-electron chi connectivity index (χ2n) is 2.03. The maximum Gasteiger partial charge on any atom is 0.345 e. The Labute approximate surface area is 65.8 Å². The fourth-order valence-corrected chi connectivity index (χ4v) is 0.796. The van der Waals surface area contributed by atoms with Crippen LogP contribution in [-0.2, 0) is 0 Å². The van der Waals surface area contributed by atoms with Crippen molar-refractivity contribution in [2.75, 3.05) is 14.1 Å². The Balaban J connectivity index is 0.000000810. The number of halogens is 1. The lowest BCUT2D eigenvalue weighted by atomic mass is 10.8. The second kappa shape index (κ2) is 3.43. The minimum atomic E-state index is 0. The normalized spacial score (nSPS) is 27.2. The van der Waals surface area contributed by atoms with Crippen LogP contribution in [-0.4, -0.2) is 30.2 Å². The first kappa shape index (κ1) is 9.26. The van der Waals surface area contributed by atoms with Crippen LogP contribution in [0.3, 0.4) is 0 Å². The monoisotopic (exact) mass is 163 g/mol. The SMILES string of the molecule is CN1C=C[NH+](C)C1=NO.[Cl-]. The number of nitrogens with zero attached hydrogens (tertiary/aromatic N) is 2. The van der Waals surface area contributed by atoms with Crippen molar-refractivity contribution in [2.24, 2.45) is 5.16 Å². The van der Waals surface area contributed by atoms with E-state index in [2.05, 4.69) is 5.16 Å². The van der Waals surface area contributed by atoms with Crippen molar-refractivity contribution in [3.8, 4) is 0 Å². The van der Waals surface area contributed by atoms with Gasteiger partial charge in [0.2, 0.25) is 0 Å². The van der Waals surface area contributed by atoms with Gasteiger partial charge in [-0.25, -0.2) is 4.90 Å². The van der Waals surface area contributed by atoms with Gasteiger partial charge in [-0.15, -0.1) is 0 Å². The highest BCUT2D eigenvalue weighted by atomic mass is 35.5. The van der Waals surface area contributed by atoms with Gasteiger partial charge in [0.05, 0.1) is 13.2 Å². The molecule has 0 saturated heterocycles. The lowest BCUT2D eigenvalue weighted by Gasteiger charge is -2.06. The number of guanidine groups is 1. The molecule has 0 saturated carbocycles. The summed E-state index contributed by atoms with van der Waals surface area (Å²) in [6.07, 6.45) is 3.75. The number of quaternary nitrogens is 1. The molecule has 1 unspecified atom stereocenters. The van der Waals surface area contributed by atoms with Crippen molar-refractivity contribution < 1.29 is 22.5 Å². The van der Waals surface area contributed by atoms with E-state index in [4.69, 9.17) is 5.21 Å². The Hall–Kier alpha value is -0.740. The average molecular weight is 164 g/mol. The van der Waals surface area contributed by atoms with Crippen molar-refractivity contribution in [1.82, 2.24) is 4.90 Å². The zero-order chi connectivity index (χ0) is 6.85. The molecule has 1 heterocycles. The first-order valence-corrected chi connectivity index (χ1v) is 2.72. The molecule has 0 spiro atoms. The molecule has 1 rings (SSSR count). The fourth-order valence-electron chi connectivity index (χ4n) is 0.796. The largest absolute Gasteiger partial charge is 1.00 e. The Morgan fingerprint density at radius 1 is 1.70 bits per heavy atom. The third-order valence-corrected chi connectivity index (χ3v) is 1.33. The molecule has 0 bridgehead atoms. The van der Waals surface area contributed by atoms with Gasteiger partial charge in [-0.1, -0.05) is 0 Å². The number of nitrogens with one attached hydrogen (secondary N) is 1. The molecule has 0 aromatic heterocycles. The predicted octanol–water partition coefficient (Wildman–Crippen LogP) is -4.33. The maximum atomic E-state index is 8.39. The molecule has 0 amide bonds. The first-order chi connectivity index (χ1) is 4.25. The average Bonchev–Trinajstić information content (AvgIpc) is 2.12. The number of hydrogen-bond donors (Lipinski definition) is 2. The highest BCUT2D eigenvalue weighted by molar-refractivity contribution is 5.73. The molecule has 58 valence electrons. The van der Waals surface area contributed by atoms with Crippen LogP contribution in [0.4, 0.5) is 0 Å². The van der Waals surface area contributed by atoms with Gasteiger partial charge in [-0.3, -0.25) is 4.90 Å². The lowest BCUT2D eigenvalue weighted by Crippen LogP contribution is -3.06. The van der Waals surface area contributed by atoms with Crippen LogP contribution in [0.2, 0.25) is 0 Å². The van der Waals surface area contributed by atoms with Gasteiger partial charge in [-0.05, 0) is 5.16 Å². The van der Waals surface area contributed by atoms with Gasteiger partial charge in [0.25, 0.3) is 0 Å². The van der Waals surface area contributed by atoms with E-state index >= 15 is 0 Å². The zero-order valence-corrected chi connectivity index (χ0v) is 6.63. The minimum absolute atomic E-state index is 0. The summed E-state index contributed by atoms with van der Waals surface area (Å²) in [5.74, 6) is 0.620. The number of oxime groups is 1. The molecule has 4 nitrogen and oxygen atoms in total. The summed E-state index contributed by atoms with van der Waals surface area (Å²) in [5, 5.41) is 11.5. The van der Waals surface area contributed by atoms with Crippen LogP contribution in [0.5, 0.6) is 0 Å². The van der Waals surface area contributed by atoms with Gasteiger partial charge in [-0.2, -0.15) is 0 Å². The van der Waals surface area contributed by atoms with E-state index in [1.54, 1.807) is 4.90 Å². The predicted molar refractivity (Wildman–Crippen MR) is 33.0 cm³/mol. The second-order valence-corrected chi connectivity index (χ2v) is 2.03. The smallest absolute Gasteiger partial charge is 0.345 e. The van der Waals surface area contributed by atoms with Gasteiger partial charge in [0, 0.05) is 7.05 Å². The lowest BCUT2D eigenvalue weighted by molar-refractivity contribution is -0.722. The quantitative estimate of drug-likeness (QED) is 0.280.